The fraction of sp³-hybridized carbons (Fsp3) is 0.769. The van der Waals surface area contributed by atoms with Crippen molar-refractivity contribution in [3.63, 3.8) is 0 Å². The molecular formula is C13H20N2O. The number of nitrogens with one attached hydrogen (secondary N) is 1. The van der Waals surface area contributed by atoms with Crippen LogP contribution in [0, 0.1) is 12.3 Å². The van der Waals surface area contributed by atoms with Gasteiger partial charge in [-0.25, -0.2) is 0 Å². The number of likely N-dealkylation sites (tertiary alicyclic amines) is 1. The number of terminal acetylenes is 1. The van der Waals surface area contributed by atoms with Gasteiger partial charge in [-0.3, -0.25) is 4.79 Å². The summed E-state index contributed by atoms with van der Waals surface area (Å²) in [6.45, 7) is 2.96. The van der Waals surface area contributed by atoms with Crippen LogP contribution in [-0.2, 0) is 4.79 Å². The second kappa shape index (κ2) is 4.88. The summed E-state index contributed by atoms with van der Waals surface area (Å²) < 4.78 is 0. The van der Waals surface area contributed by atoms with Gasteiger partial charge in [-0.15, -0.1) is 12.3 Å². The van der Waals surface area contributed by atoms with Gasteiger partial charge in [-0.1, -0.05) is 6.92 Å². The predicted octanol–water partition coefficient (Wildman–Crippen LogP) is 1.14. The molecule has 1 heterocycles. The Morgan fingerprint density at radius 2 is 2.31 bits per heavy atom. The molecular weight excluding hydrogens is 200 g/mol. The van der Waals surface area contributed by atoms with Crippen molar-refractivity contribution in [3.05, 3.63) is 0 Å². The second-order valence-corrected chi connectivity index (χ2v) is 4.78. The zero-order valence-corrected chi connectivity index (χ0v) is 9.91. The highest BCUT2D eigenvalue weighted by Crippen LogP contribution is 2.24. The van der Waals surface area contributed by atoms with Crippen LogP contribution < -0.4 is 5.32 Å². The molecule has 0 aromatic heterocycles. The topological polar surface area (TPSA) is 32.3 Å². The van der Waals surface area contributed by atoms with E-state index in [1.165, 1.54) is 12.8 Å². The number of carbonyl (C=O) groups is 1. The highest BCUT2D eigenvalue weighted by molar-refractivity contribution is 5.84. The monoisotopic (exact) mass is 220 g/mol. The lowest BCUT2D eigenvalue weighted by atomic mass is 10.1. The molecule has 0 spiro atoms. The minimum absolute atomic E-state index is 0.0549. The van der Waals surface area contributed by atoms with Gasteiger partial charge in [0.25, 0.3) is 0 Å². The molecule has 2 unspecified atom stereocenters. The van der Waals surface area contributed by atoms with E-state index >= 15 is 0 Å². The summed E-state index contributed by atoms with van der Waals surface area (Å²) in [4.78, 5) is 14.1. The van der Waals surface area contributed by atoms with Gasteiger partial charge in [-0.2, -0.15) is 0 Å². The third-order valence-corrected chi connectivity index (χ3v) is 3.52. The van der Waals surface area contributed by atoms with Crippen molar-refractivity contribution >= 4 is 5.91 Å². The van der Waals surface area contributed by atoms with Crippen LogP contribution >= 0.6 is 0 Å². The van der Waals surface area contributed by atoms with Gasteiger partial charge >= 0.3 is 0 Å². The van der Waals surface area contributed by atoms with Gasteiger partial charge < -0.3 is 10.2 Å². The summed E-state index contributed by atoms with van der Waals surface area (Å²) in [7, 11) is 0. The SMILES string of the molecule is C#CCC(CC)N1CCC(NC2CC2)C1=O. The predicted molar refractivity (Wildman–Crippen MR) is 63.8 cm³/mol. The first-order chi connectivity index (χ1) is 7.76. The van der Waals surface area contributed by atoms with E-state index in [2.05, 4.69) is 18.2 Å². The average Bonchev–Trinajstić information content (AvgIpc) is 3.03. The first-order valence-corrected chi connectivity index (χ1v) is 6.26. The molecule has 1 saturated heterocycles. The molecule has 2 aliphatic rings. The van der Waals surface area contributed by atoms with Crippen molar-refractivity contribution in [2.75, 3.05) is 6.54 Å². The number of amides is 1. The van der Waals surface area contributed by atoms with E-state index in [1.54, 1.807) is 0 Å². The molecule has 0 aromatic carbocycles. The number of nitrogens with zero attached hydrogens (tertiary/aromatic N) is 1. The molecule has 1 saturated carbocycles. The normalized spacial score (nSPS) is 26.9. The van der Waals surface area contributed by atoms with E-state index in [9.17, 15) is 4.79 Å². The molecule has 1 aliphatic carbocycles. The van der Waals surface area contributed by atoms with Crippen LogP contribution in [0.1, 0.15) is 39.0 Å². The molecule has 3 heteroatoms. The van der Waals surface area contributed by atoms with Gasteiger partial charge in [0.2, 0.25) is 5.91 Å². The summed E-state index contributed by atoms with van der Waals surface area (Å²) in [6.07, 6.45) is 10.4. The highest BCUT2D eigenvalue weighted by Gasteiger charge is 2.37. The third kappa shape index (κ3) is 2.38. The fourth-order valence-electron chi connectivity index (χ4n) is 2.36. The van der Waals surface area contributed by atoms with Gasteiger partial charge in [-0.05, 0) is 25.7 Å². The third-order valence-electron chi connectivity index (χ3n) is 3.52. The molecule has 16 heavy (non-hydrogen) atoms. The van der Waals surface area contributed by atoms with E-state index in [0.717, 1.165) is 19.4 Å². The standard InChI is InChI=1S/C13H20N2O/c1-3-5-11(4-2)15-9-8-12(13(15)16)14-10-6-7-10/h1,10-12,14H,4-9H2,2H3. The molecule has 0 aromatic rings. The van der Waals surface area contributed by atoms with Crippen LogP contribution in [0.25, 0.3) is 0 Å². The lowest BCUT2D eigenvalue weighted by Crippen LogP contribution is -2.43. The maximum Gasteiger partial charge on any atom is 0.240 e. The van der Waals surface area contributed by atoms with Gasteiger partial charge in [0.05, 0.1) is 6.04 Å². The molecule has 1 aliphatic heterocycles. The average molecular weight is 220 g/mol. The van der Waals surface area contributed by atoms with Crippen molar-refractivity contribution in [1.29, 1.82) is 0 Å². The lowest BCUT2D eigenvalue weighted by Gasteiger charge is -2.25. The van der Waals surface area contributed by atoms with E-state index < -0.39 is 0 Å². The summed E-state index contributed by atoms with van der Waals surface area (Å²) in [6, 6.07) is 0.893. The van der Waals surface area contributed by atoms with Crippen LogP contribution in [0.2, 0.25) is 0 Å². The van der Waals surface area contributed by atoms with Gasteiger partial charge in [0.15, 0.2) is 0 Å². The highest BCUT2D eigenvalue weighted by atomic mass is 16.2. The van der Waals surface area contributed by atoms with Crippen molar-refractivity contribution in [2.24, 2.45) is 0 Å². The minimum atomic E-state index is 0.0549. The second-order valence-electron chi connectivity index (χ2n) is 4.78. The Hall–Kier alpha value is -1.01. The van der Waals surface area contributed by atoms with Crippen LogP contribution in [0.5, 0.6) is 0 Å². The first kappa shape index (κ1) is 11.5. The Kier molecular flexibility index (Phi) is 3.50. The Bertz CT molecular complexity index is 304. The van der Waals surface area contributed by atoms with Crippen molar-refractivity contribution in [3.8, 4) is 12.3 Å². The molecule has 3 nitrogen and oxygen atoms in total. The lowest BCUT2D eigenvalue weighted by molar-refractivity contribution is -0.131. The van der Waals surface area contributed by atoms with Crippen molar-refractivity contribution in [1.82, 2.24) is 10.2 Å². The zero-order chi connectivity index (χ0) is 11.5. The molecule has 0 bridgehead atoms. The Morgan fingerprint density at radius 1 is 1.56 bits per heavy atom. The Balaban J connectivity index is 1.91. The molecule has 88 valence electrons. The molecule has 2 rings (SSSR count). The van der Waals surface area contributed by atoms with E-state index in [1.807, 2.05) is 4.90 Å². The Morgan fingerprint density at radius 3 is 2.88 bits per heavy atom. The van der Waals surface area contributed by atoms with Crippen molar-refractivity contribution < 1.29 is 4.79 Å². The summed E-state index contributed by atoms with van der Waals surface area (Å²) >= 11 is 0. The van der Waals surface area contributed by atoms with E-state index in [-0.39, 0.29) is 18.0 Å². The summed E-state index contributed by atoms with van der Waals surface area (Å²) in [5.41, 5.74) is 0. The van der Waals surface area contributed by atoms with Crippen LogP contribution in [-0.4, -0.2) is 35.5 Å². The van der Waals surface area contributed by atoms with E-state index in [0.29, 0.717) is 12.5 Å². The van der Waals surface area contributed by atoms with Crippen LogP contribution in [0.4, 0.5) is 0 Å². The summed E-state index contributed by atoms with van der Waals surface area (Å²) in [5.74, 6) is 2.93. The largest absolute Gasteiger partial charge is 0.337 e. The smallest absolute Gasteiger partial charge is 0.240 e. The zero-order valence-electron chi connectivity index (χ0n) is 9.91. The molecule has 2 fully saturated rings. The van der Waals surface area contributed by atoms with E-state index in [4.69, 9.17) is 6.42 Å². The minimum Gasteiger partial charge on any atom is -0.337 e. The van der Waals surface area contributed by atoms with Crippen LogP contribution in [0.3, 0.4) is 0 Å². The molecule has 1 amide bonds. The van der Waals surface area contributed by atoms with Gasteiger partial charge in [0, 0.05) is 25.0 Å². The fourth-order valence-corrected chi connectivity index (χ4v) is 2.36. The number of rotatable bonds is 5. The van der Waals surface area contributed by atoms with Crippen molar-refractivity contribution in [2.45, 2.75) is 57.2 Å². The maximum absolute atomic E-state index is 12.1. The number of carbonyl (C=O) groups excluding carboxylic acids is 1. The molecule has 2 atom stereocenters. The number of hydrogen-bond acceptors (Lipinski definition) is 2. The Labute approximate surface area is 97.6 Å². The molecule has 0 radical (unpaired) electrons. The summed E-state index contributed by atoms with van der Waals surface area (Å²) in [5, 5.41) is 3.41. The quantitative estimate of drug-likeness (QED) is 0.705. The number of hydrogen-bond donors (Lipinski definition) is 1. The van der Waals surface area contributed by atoms with Crippen LogP contribution in [0.15, 0.2) is 0 Å². The first-order valence-electron chi connectivity index (χ1n) is 6.26. The molecule has 1 N–H and O–H groups in total. The van der Waals surface area contributed by atoms with Gasteiger partial charge in [0.1, 0.15) is 0 Å². The maximum atomic E-state index is 12.1.